The second-order valence-electron chi connectivity index (χ2n) is 3.99. The largest absolute Gasteiger partial charge is 0.417 e. The van der Waals surface area contributed by atoms with Crippen molar-refractivity contribution in [2.45, 2.75) is 19.6 Å². The van der Waals surface area contributed by atoms with Gasteiger partial charge in [0.25, 0.3) is 0 Å². The van der Waals surface area contributed by atoms with E-state index in [0.717, 1.165) is 12.3 Å². The van der Waals surface area contributed by atoms with E-state index in [-0.39, 0.29) is 0 Å². The monoisotopic (exact) mass is 272 g/mol. The van der Waals surface area contributed by atoms with Crippen molar-refractivity contribution in [1.29, 1.82) is 0 Å². The van der Waals surface area contributed by atoms with E-state index in [9.17, 15) is 13.2 Å². The van der Waals surface area contributed by atoms with Gasteiger partial charge in [0.1, 0.15) is 5.82 Å². The van der Waals surface area contributed by atoms with Crippen molar-refractivity contribution in [3.8, 4) is 0 Å². The number of pyridine rings is 1. The molecule has 19 heavy (non-hydrogen) atoms. The molecule has 0 saturated heterocycles. The third kappa shape index (κ3) is 3.21. The molecule has 0 spiro atoms. The predicted molar refractivity (Wildman–Crippen MR) is 60.4 cm³/mol. The van der Waals surface area contributed by atoms with Crippen LogP contribution in [0.3, 0.4) is 0 Å². The fourth-order valence-electron chi connectivity index (χ4n) is 1.48. The summed E-state index contributed by atoms with van der Waals surface area (Å²) in [6.07, 6.45) is -3.58. The third-order valence-electron chi connectivity index (χ3n) is 2.41. The molecular formula is C11H11F3N4O. The van der Waals surface area contributed by atoms with E-state index in [1.54, 1.807) is 18.9 Å². The van der Waals surface area contributed by atoms with Crippen LogP contribution in [0.25, 0.3) is 0 Å². The van der Waals surface area contributed by atoms with E-state index < -0.39 is 11.7 Å². The molecule has 5 nitrogen and oxygen atoms in total. The van der Waals surface area contributed by atoms with Gasteiger partial charge in [0, 0.05) is 20.2 Å². The second-order valence-corrected chi connectivity index (χ2v) is 3.99. The minimum Gasteiger partial charge on any atom is -0.352 e. The highest BCUT2D eigenvalue weighted by Gasteiger charge is 2.30. The lowest BCUT2D eigenvalue weighted by atomic mass is 10.2. The Kier molecular flexibility index (Phi) is 3.41. The molecule has 0 aliphatic rings. The molecule has 0 amide bonds. The average Bonchev–Trinajstić information content (AvgIpc) is 2.74. The standard InChI is InChI=1S/C11H11F3N4O/c1-7-16-9(17-19-7)6-18(2)10-4-3-8(5-15-10)11(12,13)14/h3-5H,6H2,1-2H3. The van der Waals surface area contributed by atoms with Crippen molar-refractivity contribution in [2.75, 3.05) is 11.9 Å². The molecule has 0 unspecified atom stereocenters. The van der Waals surface area contributed by atoms with Crippen LogP contribution in [0.4, 0.5) is 19.0 Å². The summed E-state index contributed by atoms with van der Waals surface area (Å²) in [6, 6.07) is 2.29. The summed E-state index contributed by atoms with van der Waals surface area (Å²) < 4.78 is 42.0. The van der Waals surface area contributed by atoms with E-state index in [4.69, 9.17) is 4.52 Å². The van der Waals surface area contributed by atoms with Gasteiger partial charge in [-0.25, -0.2) is 4.98 Å². The van der Waals surface area contributed by atoms with E-state index in [1.807, 2.05) is 0 Å². The molecule has 8 heteroatoms. The molecule has 0 bridgehead atoms. The first-order valence-electron chi connectivity index (χ1n) is 5.40. The van der Waals surface area contributed by atoms with Gasteiger partial charge < -0.3 is 9.42 Å². The van der Waals surface area contributed by atoms with Crippen molar-refractivity contribution in [2.24, 2.45) is 0 Å². The van der Waals surface area contributed by atoms with E-state index in [0.29, 0.717) is 24.1 Å². The van der Waals surface area contributed by atoms with Gasteiger partial charge in [0.05, 0.1) is 12.1 Å². The molecule has 2 aromatic heterocycles. The fraction of sp³-hybridized carbons (Fsp3) is 0.364. The molecule has 0 radical (unpaired) electrons. The zero-order chi connectivity index (χ0) is 14.0. The molecule has 0 atom stereocenters. The second kappa shape index (κ2) is 4.87. The molecule has 0 fully saturated rings. The van der Waals surface area contributed by atoms with E-state index in [2.05, 4.69) is 15.1 Å². The van der Waals surface area contributed by atoms with Crippen molar-refractivity contribution in [3.05, 3.63) is 35.6 Å². The van der Waals surface area contributed by atoms with Crippen LogP contribution in [0, 0.1) is 6.92 Å². The summed E-state index contributed by atoms with van der Waals surface area (Å²) in [4.78, 5) is 9.40. The summed E-state index contributed by atoms with van der Waals surface area (Å²) in [5.74, 6) is 1.28. The Labute approximate surface area is 107 Å². The van der Waals surface area contributed by atoms with Gasteiger partial charge in [0.2, 0.25) is 5.89 Å². The number of rotatable bonds is 3. The van der Waals surface area contributed by atoms with Gasteiger partial charge in [-0.3, -0.25) is 0 Å². The summed E-state index contributed by atoms with van der Waals surface area (Å²) in [5, 5.41) is 3.70. The van der Waals surface area contributed by atoms with Gasteiger partial charge in [-0.1, -0.05) is 5.16 Å². The number of hydrogen-bond donors (Lipinski definition) is 0. The maximum Gasteiger partial charge on any atom is 0.417 e. The number of aromatic nitrogens is 3. The van der Waals surface area contributed by atoms with Crippen LogP contribution in [0.5, 0.6) is 0 Å². The van der Waals surface area contributed by atoms with Crippen LogP contribution in [0.1, 0.15) is 17.3 Å². The van der Waals surface area contributed by atoms with Crippen LogP contribution < -0.4 is 4.90 Å². The quantitative estimate of drug-likeness (QED) is 0.858. The maximum absolute atomic E-state index is 12.4. The Bertz CT molecular complexity index is 550. The molecule has 102 valence electrons. The van der Waals surface area contributed by atoms with Crippen LogP contribution in [-0.2, 0) is 12.7 Å². The molecule has 0 aliphatic carbocycles. The molecule has 0 aliphatic heterocycles. The number of aryl methyl sites for hydroxylation is 1. The van der Waals surface area contributed by atoms with Crippen molar-refractivity contribution in [3.63, 3.8) is 0 Å². The zero-order valence-electron chi connectivity index (χ0n) is 10.3. The lowest BCUT2D eigenvalue weighted by molar-refractivity contribution is -0.137. The molecule has 0 aromatic carbocycles. The first kappa shape index (κ1) is 13.3. The molecular weight excluding hydrogens is 261 g/mol. The lowest BCUT2D eigenvalue weighted by Gasteiger charge is -2.16. The first-order valence-corrected chi connectivity index (χ1v) is 5.40. The Morgan fingerprint density at radius 1 is 1.32 bits per heavy atom. The minimum absolute atomic E-state index is 0.301. The number of anilines is 1. The van der Waals surface area contributed by atoms with E-state index in [1.165, 1.54) is 6.07 Å². The molecule has 0 saturated carbocycles. The smallest absolute Gasteiger partial charge is 0.352 e. The molecule has 2 rings (SSSR count). The Morgan fingerprint density at radius 2 is 2.05 bits per heavy atom. The van der Waals surface area contributed by atoms with Crippen LogP contribution in [-0.4, -0.2) is 22.2 Å². The van der Waals surface area contributed by atoms with Crippen LogP contribution >= 0.6 is 0 Å². The summed E-state index contributed by atoms with van der Waals surface area (Å²) in [7, 11) is 1.68. The minimum atomic E-state index is -4.38. The van der Waals surface area contributed by atoms with Crippen LogP contribution in [0.15, 0.2) is 22.9 Å². The molecule has 2 heterocycles. The van der Waals surface area contributed by atoms with Crippen molar-refractivity contribution >= 4 is 5.82 Å². The Morgan fingerprint density at radius 3 is 2.53 bits per heavy atom. The van der Waals surface area contributed by atoms with Crippen LogP contribution in [0.2, 0.25) is 0 Å². The van der Waals surface area contributed by atoms with Gasteiger partial charge in [-0.2, -0.15) is 18.2 Å². The van der Waals surface area contributed by atoms with E-state index >= 15 is 0 Å². The highest BCUT2D eigenvalue weighted by Crippen LogP contribution is 2.29. The van der Waals surface area contributed by atoms with Gasteiger partial charge >= 0.3 is 6.18 Å². The fourth-order valence-corrected chi connectivity index (χ4v) is 1.48. The summed E-state index contributed by atoms with van der Waals surface area (Å²) in [5.41, 5.74) is -0.778. The average molecular weight is 272 g/mol. The summed E-state index contributed by atoms with van der Waals surface area (Å²) >= 11 is 0. The molecule has 0 N–H and O–H groups in total. The Balaban J connectivity index is 2.09. The predicted octanol–water partition coefficient (Wildman–Crippen LogP) is 2.43. The molecule has 2 aromatic rings. The highest BCUT2D eigenvalue weighted by atomic mass is 19.4. The maximum atomic E-state index is 12.4. The number of hydrogen-bond acceptors (Lipinski definition) is 5. The van der Waals surface area contributed by atoms with Gasteiger partial charge in [-0.15, -0.1) is 0 Å². The summed E-state index contributed by atoms with van der Waals surface area (Å²) in [6.45, 7) is 1.96. The first-order chi connectivity index (χ1) is 8.86. The topological polar surface area (TPSA) is 55.1 Å². The highest BCUT2D eigenvalue weighted by molar-refractivity contribution is 5.38. The van der Waals surface area contributed by atoms with Gasteiger partial charge in [0.15, 0.2) is 5.82 Å². The zero-order valence-corrected chi connectivity index (χ0v) is 10.3. The number of halogens is 3. The number of alkyl halides is 3. The lowest BCUT2D eigenvalue weighted by Crippen LogP contribution is -2.19. The normalized spacial score (nSPS) is 11.6. The van der Waals surface area contributed by atoms with Crippen molar-refractivity contribution < 1.29 is 17.7 Å². The van der Waals surface area contributed by atoms with Crippen molar-refractivity contribution in [1.82, 2.24) is 15.1 Å². The Hall–Kier alpha value is -2.12. The third-order valence-corrected chi connectivity index (χ3v) is 2.41. The number of nitrogens with zero attached hydrogens (tertiary/aromatic N) is 4. The van der Waals surface area contributed by atoms with Gasteiger partial charge in [-0.05, 0) is 12.1 Å². The SMILES string of the molecule is Cc1nc(CN(C)c2ccc(C(F)(F)F)cn2)no1.